The molecular weight excluding hydrogens is 316 g/mol. The molecule has 10 nitrogen and oxygen atoms in total. The van der Waals surface area contributed by atoms with Gasteiger partial charge < -0.3 is 9.97 Å². The number of hydrogen-bond acceptors (Lipinski definition) is 6. The molecule has 0 aliphatic carbocycles. The van der Waals surface area contributed by atoms with E-state index in [9.17, 15) is 9.59 Å². The van der Waals surface area contributed by atoms with Crippen molar-refractivity contribution < 1.29 is 20.0 Å². The SMILES string of the molecule is O=C(NO)c1cc(-c2ncc[nH]2)c(C(=O)NO)cc1-c1ncc[nH]1. The Labute approximate surface area is 134 Å². The van der Waals surface area contributed by atoms with Gasteiger partial charge in [-0.3, -0.25) is 20.0 Å². The molecule has 3 aromatic rings. The van der Waals surface area contributed by atoms with Gasteiger partial charge in [0, 0.05) is 35.9 Å². The van der Waals surface area contributed by atoms with E-state index in [-0.39, 0.29) is 22.3 Å². The highest BCUT2D eigenvalue weighted by molar-refractivity contribution is 6.06. The van der Waals surface area contributed by atoms with Crippen LogP contribution in [-0.4, -0.2) is 42.2 Å². The van der Waals surface area contributed by atoms with Crippen molar-refractivity contribution >= 4 is 11.8 Å². The topological polar surface area (TPSA) is 156 Å². The van der Waals surface area contributed by atoms with Crippen molar-refractivity contribution in [1.29, 1.82) is 0 Å². The molecule has 0 fully saturated rings. The number of nitrogens with one attached hydrogen (secondary N) is 4. The lowest BCUT2D eigenvalue weighted by molar-refractivity contribution is 0.0699. The van der Waals surface area contributed by atoms with Gasteiger partial charge in [0.25, 0.3) is 11.8 Å². The van der Waals surface area contributed by atoms with Crippen LogP contribution in [0.15, 0.2) is 36.9 Å². The van der Waals surface area contributed by atoms with E-state index in [0.29, 0.717) is 11.6 Å². The number of imidazole rings is 2. The quantitative estimate of drug-likeness (QED) is 0.306. The van der Waals surface area contributed by atoms with E-state index in [2.05, 4.69) is 19.9 Å². The molecule has 0 atom stereocenters. The maximum atomic E-state index is 12.0. The minimum Gasteiger partial charge on any atom is -0.345 e. The first-order chi connectivity index (χ1) is 11.7. The highest BCUT2D eigenvalue weighted by atomic mass is 16.5. The predicted octanol–water partition coefficient (Wildman–Crippen LogP) is 0.705. The first kappa shape index (κ1) is 15.4. The van der Waals surface area contributed by atoms with Gasteiger partial charge in [0.05, 0.1) is 11.1 Å². The Morgan fingerprint density at radius 2 is 1.25 bits per heavy atom. The Morgan fingerprint density at radius 1 is 0.833 bits per heavy atom. The summed E-state index contributed by atoms with van der Waals surface area (Å²) in [7, 11) is 0. The van der Waals surface area contributed by atoms with Crippen molar-refractivity contribution in [2.45, 2.75) is 0 Å². The third-order valence-electron chi connectivity index (χ3n) is 3.36. The number of aromatic nitrogens is 4. The minimum absolute atomic E-state index is 0.0633. The smallest absolute Gasteiger partial charge is 0.275 e. The summed E-state index contributed by atoms with van der Waals surface area (Å²) in [5.74, 6) is -0.950. The second-order valence-corrected chi connectivity index (χ2v) is 4.70. The molecule has 0 radical (unpaired) electrons. The average Bonchev–Trinajstić information content (AvgIpc) is 3.32. The number of aromatic amines is 2. The molecule has 0 aliphatic heterocycles. The molecule has 122 valence electrons. The van der Waals surface area contributed by atoms with E-state index in [0.717, 1.165) is 0 Å². The first-order valence-electron chi connectivity index (χ1n) is 6.72. The number of nitrogens with zero attached hydrogens (tertiary/aromatic N) is 2. The summed E-state index contributed by atoms with van der Waals surface area (Å²) >= 11 is 0. The summed E-state index contributed by atoms with van der Waals surface area (Å²) in [5.41, 5.74) is 3.77. The number of hydrogen-bond donors (Lipinski definition) is 6. The van der Waals surface area contributed by atoms with E-state index >= 15 is 0 Å². The van der Waals surface area contributed by atoms with Crippen LogP contribution in [0.2, 0.25) is 0 Å². The van der Waals surface area contributed by atoms with Crippen molar-refractivity contribution in [3.8, 4) is 22.8 Å². The molecule has 0 aliphatic rings. The molecule has 0 saturated carbocycles. The molecule has 0 spiro atoms. The van der Waals surface area contributed by atoms with Crippen LogP contribution in [0.3, 0.4) is 0 Å². The third kappa shape index (κ3) is 2.62. The first-order valence-corrected chi connectivity index (χ1v) is 6.72. The summed E-state index contributed by atoms with van der Waals surface area (Å²) in [6, 6.07) is 2.74. The van der Waals surface area contributed by atoms with Gasteiger partial charge >= 0.3 is 0 Å². The van der Waals surface area contributed by atoms with Gasteiger partial charge in [0.2, 0.25) is 0 Å². The minimum atomic E-state index is -0.787. The zero-order valence-electron chi connectivity index (χ0n) is 12.1. The zero-order valence-corrected chi connectivity index (χ0v) is 12.1. The van der Waals surface area contributed by atoms with E-state index in [1.165, 1.54) is 24.5 Å². The van der Waals surface area contributed by atoms with Crippen molar-refractivity contribution in [1.82, 2.24) is 30.9 Å². The normalized spacial score (nSPS) is 10.4. The summed E-state index contributed by atoms with van der Waals surface area (Å²) in [6.07, 6.45) is 6.04. The summed E-state index contributed by atoms with van der Waals surface area (Å²) in [5, 5.41) is 18.0. The number of rotatable bonds is 4. The molecule has 0 unspecified atom stereocenters. The van der Waals surface area contributed by atoms with Crippen LogP contribution in [0.4, 0.5) is 0 Å². The van der Waals surface area contributed by atoms with Gasteiger partial charge in [-0.15, -0.1) is 0 Å². The van der Waals surface area contributed by atoms with Crippen LogP contribution < -0.4 is 11.0 Å². The van der Waals surface area contributed by atoms with Crippen LogP contribution in [-0.2, 0) is 0 Å². The van der Waals surface area contributed by atoms with E-state index in [1.807, 2.05) is 0 Å². The Bertz CT molecular complexity index is 799. The van der Waals surface area contributed by atoms with Gasteiger partial charge in [-0.25, -0.2) is 20.9 Å². The highest BCUT2D eigenvalue weighted by Gasteiger charge is 2.22. The Balaban J connectivity index is 2.30. The van der Waals surface area contributed by atoms with Gasteiger partial charge in [-0.1, -0.05) is 0 Å². The average molecular weight is 328 g/mol. The number of hydroxylamine groups is 2. The molecule has 3 rings (SSSR count). The van der Waals surface area contributed by atoms with E-state index in [4.69, 9.17) is 10.4 Å². The molecule has 0 saturated heterocycles. The maximum absolute atomic E-state index is 12.0. The lowest BCUT2D eigenvalue weighted by atomic mass is 9.96. The molecular formula is C14H12N6O4. The second-order valence-electron chi connectivity index (χ2n) is 4.70. The van der Waals surface area contributed by atoms with E-state index in [1.54, 1.807) is 23.4 Å². The molecule has 2 amide bonds. The molecule has 2 aromatic heterocycles. The number of amides is 2. The molecule has 1 aromatic carbocycles. The van der Waals surface area contributed by atoms with Crippen LogP contribution in [0.5, 0.6) is 0 Å². The molecule has 10 heteroatoms. The van der Waals surface area contributed by atoms with Crippen molar-refractivity contribution in [2.75, 3.05) is 0 Å². The number of benzene rings is 1. The highest BCUT2D eigenvalue weighted by Crippen LogP contribution is 2.29. The number of carbonyl (C=O) groups is 2. The molecule has 2 heterocycles. The van der Waals surface area contributed by atoms with Crippen molar-refractivity contribution in [3.05, 3.63) is 48.0 Å². The fraction of sp³-hybridized carbons (Fsp3) is 0. The standard InChI is InChI=1S/C14H12N6O4/c21-13(19-23)9-6-8(12-17-3-4-18-12)10(14(22)20-24)5-7(9)11-15-1-2-16-11/h1-6,23-24H,(H,15,16)(H,17,18)(H,19,21)(H,20,22). The second kappa shape index (κ2) is 6.32. The third-order valence-corrected chi connectivity index (χ3v) is 3.36. The lowest BCUT2D eigenvalue weighted by Crippen LogP contribution is -2.23. The van der Waals surface area contributed by atoms with Gasteiger partial charge in [-0.2, -0.15) is 0 Å². The van der Waals surface area contributed by atoms with Crippen molar-refractivity contribution in [2.24, 2.45) is 0 Å². The van der Waals surface area contributed by atoms with Crippen molar-refractivity contribution in [3.63, 3.8) is 0 Å². The van der Waals surface area contributed by atoms with Gasteiger partial charge in [-0.05, 0) is 12.1 Å². The molecule has 0 bridgehead atoms. The largest absolute Gasteiger partial charge is 0.345 e. The summed E-state index contributed by atoms with van der Waals surface area (Å²) in [4.78, 5) is 37.8. The fourth-order valence-corrected chi connectivity index (χ4v) is 2.31. The van der Waals surface area contributed by atoms with E-state index < -0.39 is 11.8 Å². The van der Waals surface area contributed by atoms with Crippen LogP contribution in [0, 0.1) is 0 Å². The Hall–Kier alpha value is -3.50. The number of H-pyrrole nitrogens is 2. The monoisotopic (exact) mass is 328 g/mol. The van der Waals surface area contributed by atoms with Crippen LogP contribution >= 0.6 is 0 Å². The summed E-state index contributed by atoms with van der Waals surface area (Å²) < 4.78 is 0. The summed E-state index contributed by atoms with van der Waals surface area (Å²) in [6.45, 7) is 0. The predicted molar refractivity (Wildman–Crippen MR) is 80.1 cm³/mol. The van der Waals surface area contributed by atoms with Crippen LogP contribution in [0.25, 0.3) is 22.8 Å². The molecule has 6 N–H and O–H groups in total. The van der Waals surface area contributed by atoms with Crippen LogP contribution in [0.1, 0.15) is 20.7 Å². The maximum Gasteiger partial charge on any atom is 0.275 e. The lowest BCUT2D eigenvalue weighted by Gasteiger charge is -2.12. The molecule has 24 heavy (non-hydrogen) atoms. The van der Waals surface area contributed by atoms with Gasteiger partial charge in [0.1, 0.15) is 11.6 Å². The van der Waals surface area contributed by atoms with Gasteiger partial charge in [0.15, 0.2) is 0 Å². The Morgan fingerprint density at radius 3 is 1.54 bits per heavy atom. The Kier molecular flexibility index (Phi) is 4.05. The number of carbonyl (C=O) groups excluding carboxylic acids is 2. The zero-order chi connectivity index (χ0) is 17.1. The fourth-order valence-electron chi connectivity index (χ4n) is 2.31.